The second kappa shape index (κ2) is 3.32. The number of nitrogens with one attached hydrogen (secondary N) is 1. The van der Waals surface area contributed by atoms with Crippen molar-refractivity contribution in [2.75, 3.05) is 12.4 Å². The maximum absolute atomic E-state index is 11.9. The molecule has 15 heavy (non-hydrogen) atoms. The summed E-state index contributed by atoms with van der Waals surface area (Å²) >= 11 is 0. The molecule has 0 aromatic heterocycles. The van der Waals surface area contributed by atoms with Gasteiger partial charge in [0.2, 0.25) is 10.0 Å². The Balaban J connectivity index is 2.64. The lowest BCUT2D eigenvalue weighted by Gasteiger charge is -2.31. The monoisotopic (exact) mass is 226 g/mol. The normalized spacial score (nSPS) is 23.9. The molecule has 1 N–H and O–H groups in total. The van der Waals surface area contributed by atoms with Gasteiger partial charge in [0.15, 0.2) is 6.29 Å². The molecular formula is C9H10N2O3S. The van der Waals surface area contributed by atoms with Gasteiger partial charge in [0.1, 0.15) is 11.1 Å². The van der Waals surface area contributed by atoms with Crippen molar-refractivity contribution in [3.8, 4) is 0 Å². The van der Waals surface area contributed by atoms with Crippen LogP contribution >= 0.6 is 0 Å². The Morgan fingerprint density at radius 3 is 2.73 bits per heavy atom. The van der Waals surface area contributed by atoms with Gasteiger partial charge in [0, 0.05) is 7.05 Å². The van der Waals surface area contributed by atoms with Gasteiger partial charge in [-0.3, -0.25) is 4.79 Å². The maximum Gasteiger partial charge on any atom is 0.247 e. The maximum atomic E-state index is 11.9. The fourth-order valence-electron chi connectivity index (χ4n) is 1.49. The Hall–Kier alpha value is -1.40. The molecule has 2 rings (SSSR count). The molecule has 1 atom stereocenters. The number of fused-ring (bicyclic) bond motifs is 1. The first-order valence-corrected chi connectivity index (χ1v) is 5.80. The van der Waals surface area contributed by atoms with Gasteiger partial charge in [-0.05, 0) is 12.1 Å². The quantitative estimate of drug-likeness (QED) is 0.697. The van der Waals surface area contributed by atoms with E-state index in [0.29, 0.717) is 12.0 Å². The number of hydrogen-bond acceptors (Lipinski definition) is 4. The van der Waals surface area contributed by atoms with Crippen molar-refractivity contribution in [3.05, 3.63) is 24.3 Å². The Bertz CT molecular complexity index is 498. The van der Waals surface area contributed by atoms with Crippen LogP contribution in [-0.4, -0.2) is 32.2 Å². The highest BCUT2D eigenvalue weighted by atomic mass is 32.2. The van der Waals surface area contributed by atoms with Gasteiger partial charge in [0.25, 0.3) is 0 Å². The number of carbonyl (C=O) groups is 1. The molecule has 1 aromatic rings. The summed E-state index contributed by atoms with van der Waals surface area (Å²) in [5.41, 5.74) is 0.465. The fourth-order valence-corrected chi connectivity index (χ4v) is 2.85. The lowest BCUT2D eigenvalue weighted by atomic mass is 10.3. The lowest BCUT2D eigenvalue weighted by Crippen LogP contribution is -2.46. The van der Waals surface area contributed by atoms with E-state index in [1.165, 1.54) is 13.1 Å². The third-order valence-corrected chi connectivity index (χ3v) is 4.27. The molecule has 0 amide bonds. The summed E-state index contributed by atoms with van der Waals surface area (Å²) in [6.07, 6.45) is -0.266. The van der Waals surface area contributed by atoms with E-state index in [1.54, 1.807) is 18.2 Å². The third-order valence-electron chi connectivity index (χ3n) is 2.37. The molecule has 1 aliphatic rings. The van der Waals surface area contributed by atoms with Crippen LogP contribution in [0.3, 0.4) is 0 Å². The summed E-state index contributed by atoms with van der Waals surface area (Å²) < 4.78 is 24.8. The number of benzene rings is 1. The molecule has 0 saturated heterocycles. The molecular weight excluding hydrogens is 216 g/mol. The van der Waals surface area contributed by atoms with Crippen LogP contribution in [0, 0.1) is 0 Å². The first kappa shape index (κ1) is 10.1. The zero-order valence-corrected chi connectivity index (χ0v) is 8.86. The molecule has 5 nitrogen and oxygen atoms in total. The number of likely N-dealkylation sites (N-methyl/N-ethyl adjacent to an activating group) is 1. The number of anilines is 1. The van der Waals surface area contributed by atoms with E-state index in [0.717, 1.165) is 4.31 Å². The van der Waals surface area contributed by atoms with Crippen LogP contribution in [0.4, 0.5) is 5.69 Å². The van der Waals surface area contributed by atoms with Gasteiger partial charge in [-0.2, -0.15) is 4.31 Å². The topological polar surface area (TPSA) is 66.5 Å². The Kier molecular flexibility index (Phi) is 2.24. The predicted octanol–water partition coefficient (Wildman–Crippen LogP) is 0.258. The van der Waals surface area contributed by atoms with Crippen LogP contribution in [-0.2, 0) is 14.8 Å². The number of hydrogen-bond donors (Lipinski definition) is 1. The van der Waals surface area contributed by atoms with E-state index in [4.69, 9.17) is 0 Å². The van der Waals surface area contributed by atoms with E-state index < -0.39 is 16.2 Å². The second-order valence-electron chi connectivity index (χ2n) is 3.24. The molecule has 0 fully saturated rings. The van der Waals surface area contributed by atoms with Crippen LogP contribution in [0.25, 0.3) is 0 Å². The molecule has 80 valence electrons. The smallest absolute Gasteiger partial charge is 0.247 e. The highest BCUT2D eigenvalue weighted by Crippen LogP contribution is 2.29. The number of carbonyl (C=O) groups excluding carboxylic acids is 1. The van der Waals surface area contributed by atoms with Crippen molar-refractivity contribution < 1.29 is 13.2 Å². The summed E-state index contributed by atoms with van der Waals surface area (Å²) in [4.78, 5) is 10.9. The van der Waals surface area contributed by atoms with E-state index >= 15 is 0 Å². The number of rotatable bonds is 1. The molecule has 0 radical (unpaired) electrons. The Labute approximate surface area is 87.8 Å². The van der Waals surface area contributed by atoms with Crippen molar-refractivity contribution in [2.24, 2.45) is 0 Å². The SMILES string of the molecule is CN1C(C=O)Nc2ccccc2S1(=O)=O. The highest BCUT2D eigenvalue weighted by Gasteiger charge is 2.34. The lowest BCUT2D eigenvalue weighted by molar-refractivity contribution is -0.110. The first-order valence-electron chi connectivity index (χ1n) is 4.36. The number of aldehydes is 1. The fraction of sp³-hybridized carbons (Fsp3) is 0.222. The van der Waals surface area contributed by atoms with Crippen LogP contribution in [0.5, 0.6) is 0 Å². The summed E-state index contributed by atoms with van der Waals surface area (Å²) in [6.45, 7) is 0. The third kappa shape index (κ3) is 1.42. The van der Waals surface area contributed by atoms with Gasteiger partial charge in [-0.25, -0.2) is 8.42 Å². The van der Waals surface area contributed by atoms with Crippen molar-refractivity contribution in [1.29, 1.82) is 0 Å². The van der Waals surface area contributed by atoms with E-state index in [-0.39, 0.29) is 4.90 Å². The van der Waals surface area contributed by atoms with Crippen molar-refractivity contribution in [1.82, 2.24) is 4.31 Å². The van der Waals surface area contributed by atoms with Crippen molar-refractivity contribution >= 4 is 22.0 Å². The minimum absolute atomic E-state index is 0.200. The molecule has 6 heteroatoms. The van der Waals surface area contributed by atoms with Crippen LogP contribution < -0.4 is 5.32 Å². The summed E-state index contributed by atoms with van der Waals surface area (Å²) in [5.74, 6) is 0. The number of sulfonamides is 1. The largest absolute Gasteiger partial charge is 0.362 e. The molecule has 0 aliphatic carbocycles. The van der Waals surface area contributed by atoms with Crippen molar-refractivity contribution in [2.45, 2.75) is 11.1 Å². The zero-order chi connectivity index (χ0) is 11.1. The van der Waals surface area contributed by atoms with Crippen LogP contribution in [0.2, 0.25) is 0 Å². The molecule has 1 unspecified atom stereocenters. The molecule has 1 aromatic carbocycles. The van der Waals surface area contributed by atoms with Gasteiger partial charge in [-0.1, -0.05) is 12.1 Å². The summed E-state index contributed by atoms with van der Waals surface area (Å²) in [7, 11) is -2.17. The average molecular weight is 226 g/mol. The van der Waals surface area contributed by atoms with Gasteiger partial charge in [-0.15, -0.1) is 0 Å². The van der Waals surface area contributed by atoms with Crippen LogP contribution in [0.15, 0.2) is 29.2 Å². The average Bonchev–Trinajstić information content (AvgIpc) is 2.24. The molecule has 1 heterocycles. The Morgan fingerprint density at radius 2 is 2.07 bits per heavy atom. The Morgan fingerprint density at radius 1 is 1.40 bits per heavy atom. The van der Waals surface area contributed by atoms with Crippen molar-refractivity contribution in [3.63, 3.8) is 0 Å². The van der Waals surface area contributed by atoms with Crippen LogP contribution in [0.1, 0.15) is 0 Å². The minimum atomic E-state index is -3.54. The van der Waals surface area contributed by atoms with Gasteiger partial charge >= 0.3 is 0 Å². The van der Waals surface area contributed by atoms with E-state index in [9.17, 15) is 13.2 Å². The highest BCUT2D eigenvalue weighted by molar-refractivity contribution is 7.89. The summed E-state index contributed by atoms with van der Waals surface area (Å²) in [6, 6.07) is 6.51. The minimum Gasteiger partial charge on any atom is -0.362 e. The number of para-hydroxylation sites is 1. The van der Waals surface area contributed by atoms with E-state index in [2.05, 4.69) is 5.32 Å². The molecule has 0 saturated carbocycles. The first-order chi connectivity index (χ1) is 7.07. The number of nitrogens with zero attached hydrogens (tertiary/aromatic N) is 1. The molecule has 1 aliphatic heterocycles. The predicted molar refractivity (Wildman–Crippen MR) is 54.9 cm³/mol. The van der Waals surface area contributed by atoms with Gasteiger partial charge < -0.3 is 5.32 Å². The standard InChI is InChI=1S/C9H10N2O3S/c1-11-9(6-12)10-7-4-2-3-5-8(7)15(11,13)14/h2-6,9-10H,1H3. The summed E-state index contributed by atoms with van der Waals surface area (Å²) in [5, 5.41) is 2.83. The molecule has 0 bridgehead atoms. The second-order valence-corrected chi connectivity index (χ2v) is 5.21. The zero-order valence-electron chi connectivity index (χ0n) is 8.04. The van der Waals surface area contributed by atoms with Gasteiger partial charge in [0.05, 0.1) is 5.69 Å². The molecule has 0 spiro atoms. The van der Waals surface area contributed by atoms with E-state index in [1.807, 2.05) is 0 Å².